The summed E-state index contributed by atoms with van der Waals surface area (Å²) in [6, 6.07) is 7.87. The van der Waals surface area contributed by atoms with Crippen molar-refractivity contribution in [2.24, 2.45) is 0 Å². The Labute approximate surface area is 108 Å². The van der Waals surface area contributed by atoms with Gasteiger partial charge in [-0.3, -0.25) is 5.10 Å². The summed E-state index contributed by atoms with van der Waals surface area (Å²) in [7, 11) is 0. The van der Waals surface area contributed by atoms with Crippen molar-refractivity contribution in [3.63, 3.8) is 0 Å². The third-order valence-electron chi connectivity index (χ3n) is 3.41. The molecule has 0 amide bonds. The minimum Gasteiger partial charge on any atom is -0.381 e. The molecule has 0 aliphatic carbocycles. The van der Waals surface area contributed by atoms with E-state index in [1.54, 1.807) is 0 Å². The summed E-state index contributed by atoms with van der Waals surface area (Å²) in [6.45, 7) is 1.43. The summed E-state index contributed by atoms with van der Waals surface area (Å²) >= 11 is 0. The maximum absolute atomic E-state index is 5.34. The van der Waals surface area contributed by atoms with Crippen LogP contribution in [0.5, 0.6) is 0 Å². The Bertz CT molecular complexity index is 712. The Morgan fingerprint density at radius 3 is 3.11 bits per heavy atom. The number of ether oxygens (including phenoxy) is 1. The maximum Gasteiger partial charge on any atom is 0.279 e. The Balaban J connectivity index is 1.76. The highest BCUT2D eigenvalue weighted by Gasteiger charge is 2.24. The number of fused-ring (bicyclic) bond motifs is 1. The Morgan fingerprint density at radius 2 is 2.21 bits per heavy atom. The SMILES string of the molecule is c1ccc2c(-c3nc([C@@H]4CCOC4)no3)n[nH]c2c1. The normalized spacial score (nSPS) is 19.3. The van der Waals surface area contributed by atoms with Gasteiger partial charge in [0, 0.05) is 17.9 Å². The second kappa shape index (κ2) is 4.17. The number of hydrogen-bond donors (Lipinski definition) is 1. The van der Waals surface area contributed by atoms with Gasteiger partial charge >= 0.3 is 0 Å². The van der Waals surface area contributed by atoms with Crippen LogP contribution in [0.3, 0.4) is 0 Å². The third-order valence-corrected chi connectivity index (χ3v) is 3.41. The van der Waals surface area contributed by atoms with Gasteiger partial charge in [0.05, 0.1) is 12.1 Å². The van der Waals surface area contributed by atoms with Gasteiger partial charge in [-0.2, -0.15) is 10.1 Å². The molecule has 1 saturated heterocycles. The predicted molar refractivity (Wildman–Crippen MR) is 67.6 cm³/mol. The van der Waals surface area contributed by atoms with E-state index in [4.69, 9.17) is 9.26 Å². The molecule has 1 fully saturated rings. The fraction of sp³-hybridized carbons (Fsp3) is 0.308. The van der Waals surface area contributed by atoms with Crippen LogP contribution in [0.25, 0.3) is 22.5 Å². The number of benzene rings is 1. The number of nitrogens with one attached hydrogen (secondary N) is 1. The van der Waals surface area contributed by atoms with E-state index in [2.05, 4.69) is 20.3 Å². The molecule has 6 nitrogen and oxygen atoms in total. The van der Waals surface area contributed by atoms with Crippen molar-refractivity contribution in [2.75, 3.05) is 13.2 Å². The van der Waals surface area contributed by atoms with Gasteiger partial charge in [-0.25, -0.2) is 0 Å². The van der Waals surface area contributed by atoms with Crippen LogP contribution in [0.15, 0.2) is 28.8 Å². The van der Waals surface area contributed by atoms with Gasteiger partial charge in [0.1, 0.15) is 0 Å². The van der Waals surface area contributed by atoms with E-state index in [-0.39, 0.29) is 5.92 Å². The highest BCUT2D eigenvalue weighted by Crippen LogP contribution is 2.28. The Kier molecular flexibility index (Phi) is 2.34. The smallest absolute Gasteiger partial charge is 0.279 e. The first-order chi connectivity index (χ1) is 9.42. The lowest BCUT2D eigenvalue weighted by Gasteiger charge is -1.97. The molecule has 0 radical (unpaired) electrons. The first-order valence-corrected chi connectivity index (χ1v) is 6.26. The van der Waals surface area contributed by atoms with Gasteiger partial charge in [-0.15, -0.1) is 0 Å². The molecule has 4 rings (SSSR count). The van der Waals surface area contributed by atoms with Crippen LogP contribution in [0.1, 0.15) is 18.2 Å². The molecule has 2 aromatic heterocycles. The van der Waals surface area contributed by atoms with E-state index < -0.39 is 0 Å². The van der Waals surface area contributed by atoms with Crippen molar-refractivity contribution in [3.05, 3.63) is 30.1 Å². The third kappa shape index (κ3) is 1.72. The summed E-state index contributed by atoms with van der Waals surface area (Å²) in [5, 5.41) is 12.2. The van der Waals surface area contributed by atoms with Crippen LogP contribution < -0.4 is 0 Å². The first-order valence-electron chi connectivity index (χ1n) is 6.26. The molecule has 1 atom stereocenters. The zero-order valence-electron chi connectivity index (χ0n) is 10.2. The van der Waals surface area contributed by atoms with Gasteiger partial charge in [-0.05, 0) is 12.5 Å². The number of rotatable bonds is 2. The fourth-order valence-electron chi connectivity index (χ4n) is 2.36. The van der Waals surface area contributed by atoms with Crippen LogP contribution in [0, 0.1) is 0 Å². The second-order valence-electron chi connectivity index (χ2n) is 4.64. The highest BCUT2D eigenvalue weighted by atomic mass is 16.5. The highest BCUT2D eigenvalue weighted by molar-refractivity contribution is 5.90. The molecule has 0 unspecified atom stereocenters. The van der Waals surface area contributed by atoms with E-state index >= 15 is 0 Å². The zero-order chi connectivity index (χ0) is 12.7. The van der Waals surface area contributed by atoms with Crippen molar-refractivity contribution < 1.29 is 9.26 Å². The molecular weight excluding hydrogens is 244 g/mol. The second-order valence-corrected chi connectivity index (χ2v) is 4.64. The molecule has 6 heteroatoms. The van der Waals surface area contributed by atoms with Gasteiger partial charge in [0.2, 0.25) is 0 Å². The standard InChI is InChI=1S/C13H12N4O2/c1-2-4-10-9(3-1)11(16-15-10)13-14-12(17-19-13)8-5-6-18-7-8/h1-4,8H,5-7H2,(H,15,16)/t8-/m1/s1. The zero-order valence-corrected chi connectivity index (χ0v) is 10.2. The number of aromatic nitrogens is 4. The topological polar surface area (TPSA) is 76.8 Å². The molecule has 0 spiro atoms. The van der Waals surface area contributed by atoms with Gasteiger partial charge in [0.15, 0.2) is 11.5 Å². The quantitative estimate of drug-likeness (QED) is 0.760. The molecule has 3 aromatic rings. The van der Waals surface area contributed by atoms with Crippen LogP contribution in [-0.4, -0.2) is 33.6 Å². The molecule has 1 aromatic carbocycles. The molecule has 0 saturated carbocycles. The lowest BCUT2D eigenvalue weighted by Crippen LogP contribution is -1.99. The maximum atomic E-state index is 5.34. The van der Waals surface area contributed by atoms with Gasteiger partial charge in [-0.1, -0.05) is 23.4 Å². The molecule has 1 aliphatic rings. The molecule has 96 valence electrons. The largest absolute Gasteiger partial charge is 0.381 e. The van der Waals surface area contributed by atoms with Crippen molar-refractivity contribution >= 4 is 10.9 Å². The number of aromatic amines is 1. The monoisotopic (exact) mass is 256 g/mol. The lowest BCUT2D eigenvalue weighted by molar-refractivity contribution is 0.192. The summed E-state index contributed by atoms with van der Waals surface area (Å²) in [5.74, 6) is 1.40. The van der Waals surface area contributed by atoms with Crippen LogP contribution in [-0.2, 0) is 4.74 Å². The number of hydrogen-bond acceptors (Lipinski definition) is 5. The van der Waals surface area contributed by atoms with Crippen LogP contribution in [0.2, 0.25) is 0 Å². The fourth-order valence-corrected chi connectivity index (χ4v) is 2.36. The van der Waals surface area contributed by atoms with Gasteiger partial charge < -0.3 is 9.26 Å². The van der Waals surface area contributed by atoms with Gasteiger partial charge in [0.25, 0.3) is 5.89 Å². The van der Waals surface area contributed by atoms with E-state index in [1.807, 2.05) is 24.3 Å². The van der Waals surface area contributed by atoms with Crippen molar-refractivity contribution in [3.8, 4) is 11.6 Å². The average molecular weight is 256 g/mol. The number of nitrogens with zero attached hydrogens (tertiary/aromatic N) is 3. The number of para-hydroxylation sites is 1. The van der Waals surface area contributed by atoms with Crippen molar-refractivity contribution in [1.29, 1.82) is 0 Å². The summed E-state index contributed by atoms with van der Waals surface area (Å²) in [5.41, 5.74) is 1.66. The van der Waals surface area contributed by atoms with E-state index in [9.17, 15) is 0 Å². The molecule has 1 N–H and O–H groups in total. The summed E-state index contributed by atoms with van der Waals surface area (Å²) in [6.07, 6.45) is 0.945. The van der Waals surface area contributed by atoms with E-state index in [1.165, 1.54) is 0 Å². The van der Waals surface area contributed by atoms with E-state index in [0.29, 0.717) is 24.0 Å². The molecule has 3 heterocycles. The molecule has 0 bridgehead atoms. The minimum atomic E-state index is 0.239. The van der Waals surface area contributed by atoms with Crippen LogP contribution >= 0.6 is 0 Å². The molecular formula is C13H12N4O2. The number of H-pyrrole nitrogens is 1. The minimum absolute atomic E-state index is 0.239. The predicted octanol–water partition coefficient (Wildman–Crippen LogP) is 2.12. The first kappa shape index (κ1) is 10.7. The van der Waals surface area contributed by atoms with Crippen molar-refractivity contribution in [1.82, 2.24) is 20.3 Å². The summed E-state index contributed by atoms with van der Waals surface area (Å²) in [4.78, 5) is 4.44. The van der Waals surface area contributed by atoms with E-state index in [0.717, 1.165) is 23.9 Å². The molecule has 19 heavy (non-hydrogen) atoms. The van der Waals surface area contributed by atoms with Crippen LogP contribution in [0.4, 0.5) is 0 Å². The summed E-state index contributed by atoms with van der Waals surface area (Å²) < 4.78 is 10.7. The Morgan fingerprint density at radius 1 is 1.26 bits per heavy atom. The van der Waals surface area contributed by atoms with Crippen molar-refractivity contribution in [2.45, 2.75) is 12.3 Å². The molecule has 1 aliphatic heterocycles. The Hall–Kier alpha value is -2.21. The average Bonchev–Trinajstić information content (AvgIpc) is 3.18. The lowest BCUT2D eigenvalue weighted by atomic mass is 10.1.